The second-order valence-electron chi connectivity index (χ2n) is 1.97. The SMILES string of the molecule is O=S(=O)([O-])N1CCOCC1. The van der Waals surface area contributed by atoms with E-state index in [2.05, 4.69) is 0 Å². The highest BCUT2D eigenvalue weighted by Gasteiger charge is 2.14. The summed E-state index contributed by atoms with van der Waals surface area (Å²) < 4.78 is 36.6. The summed E-state index contributed by atoms with van der Waals surface area (Å²) >= 11 is 0. The maximum absolute atomic E-state index is 10.3. The second-order valence-corrected chi connectivity index (χ2v) is 3.34. The maximum atomic E-state index is 10.3. The normalized spacial score (nSPS) is 22.9. The predicted molar refractivity (Wildman–Crippen MR) is 32.1 cm³/mol. The van der Waals surface area contributed by atoms with Crippen molar-refractivity contribution >= 4 is 10.3 Å². The van der Waals surface area contributed by atoms with Crippen LogP contribution in [0, 0.1) is 0 Å². The van der Waals surface area contributed by atoms with Crippen molar-refractivity contribution in [3.05, 3.63) is 0 Å². The van der Waals surface area contributed by atoms with Crippen LogP contribution < -0.4 is 0 Å². The van der Waals surface area contributed by atoms with Crippen LogP contribution in [0.2, 0.25) is 0 Å². The van der Waals surface area contributed by atoms with E-state index in [-0.39, 0.29) is 13.1 Å². The summed E-state index contributed by atoms with van der Waals surface area (Å²) in [6.45, 7) is 1.01. The minimum atomic E-state index is -4.22. The van der Waals surface area contributed by atoms with Gasteiger partial charge < -0.3 is 9.29 Å². The first-order chi connectivity index (χ1) is 4.61. The van der Waals surface area contributed by atoms with Gasteiger partial charge in [0.15, 0.2) is 10.3 Å². The highest BCUT2D eigenvalue weighted by atomic mass is 32.2. The summed E-state index contributed by atoms with van der Waals surface area (Å²) in [5, 5.41) is 0. The largest absolute Gasteiger partial charge is 0.735 e. The lowest BCUT2D eigenvalue weighted by molar-refractivity contribution is 0.0689. The van der Waals surface area contributed by atoms with Crippen molar-refractivity contribution in [2.24, 2.45) is 0 Å². The molecule has 0 amide bonds. The van der Waals surface area contributed by atoms with E-state index < -0.39 is 10.3 Å². The van der Waals surface area contributed by atoms with Crippen molar-refractivity contribution in [2.75, 3.05) is 26.3 Å². The van der Waals surface area contributed by atoms with Crippen molar-refractivity contribution < 1.29 is 17.7 Å². The molecular formula is C4H8NO4S-. The average Bonchev–Trinajstić information content (AvgIpc) is 1.88. The molecule has 0 aromatic rings. The third-order valence-corrected chi connectivity index (χ3v) is 2.28. The van der Waals surface area contributed by atoms with Gasteiger partial charge in [-0.1, -0.05) is 0 Å². The first kappa shape index (κ1) is 7.93. The molecule has 60 valence electrons. The summed E-state index contributed by atoms with van der Waals surface area (Å²) in [7, 11) is -4.22. The van der Waals surface area contributed by atoms with Gasteiger partial charge in [0.1, 0.15) is 0 Å². The Bertz CT molecular complexity index is 193. The van der Waals surface area contributed by atoms with E-state index in [1.165, 1.54) is 0 Å². The summed E-state index contributed by atoms with van der Waals surface area (Å²) in [5.74, 6) is 0. The van der Waals surface area contributed by atoms with E-state index in [0.29, 0.717) is 13.2 Å². The van der Waals surface area contributed by atoms with Gasteiger partial charge in [-0.05, 0) is 0 Å². The van der Waals surface area contributed by atoms with Crippen LogP contribution in [0.5, 0.6) is 0 Å². The first-order valence-electron chi connectivity index (χ1n) is 2.89. The van der Waals surface area contributed by atoms with Gasteiger partial charge in [-0.3, -0.25) is 0 Å². The van der Waals surface area contributed by atoms with E-state index >= 15 is 0 Å². The molecule has 1 saturated heterocycles. The number of morpholine rings is 1. The molecule has 0 radical (unpaired) electrons. The molecule has 0 N–H and O–H groups in total. The molecule has 0 aromatic heterocycles. The van der Waals surface area contributed by atoms with Gasteiger partial charge >= 0.3 is 0 Å². The monoisotopic (exact) mass is 166 g/mol. The molecular weight excluding hydrogens is 158 g/mol. The molecule has 1 fully saturated rings. The molecule has 1 heterocycles. The van der Waals surface area contributed by atoms with Crippen molar-refractivity contribution in [2.45, 2.75) is 0 Å². The highest BCUT2D eigenvalue weighted by Crippen LogP contribution is 2.00. The first-order valence-corrected chi connectivity index (χ1v) is 4.26. The fraction of sp³-hybridized carbons (Fsp3) is 1.00. The van der Waals surface area contributed by atoms with Crippen LogP contribution in [0.4, 0.5) is 0 Å². The van der Waals surface area contributed by atoms with Crippen LogP contribution in [0.3, 0.4) is 0 Å². The molecule has 1 aliphatic heterocycles. The molecule has 10 heavy (non-hydrogen) atoms. The standard InChI is InChI=1S/C4H9NO4S/c6-10(7,8)5-1-3-9-4-2-5/h1-4H2,(H,6,7,8)/p-1. The molecule has 1 rings (SSSR count). The van der Waals surface area contributed by atoms with Gasteiger partial charge in [0, 0.05) is 13.1 Å². The molecule has 0 unspecified atom stereocenters. The quantitative estimate of drug-likeness (QED) is 0.458. The summed E-state index contributed by atoms with van der Waals surface area (Å²) in [6.07, 6.45) is 0. The molecule has 0 bridgehead atoms. The minimum absolute atomic E-state index is 0.186. The summed E-state index contributed by atoms with van der Waals surface area (Å²) in [4.78, 5) is 0. The lowest BCUT2D eigenvalue weighted by Crippen LogP contribution is -2.40. The minimum Gasteiger partial charge on any atom is -0.735 e. The number of ether oxygens (including phenoxy) is 1. The molecule has 0 atom stereocenters. The molecule has 1 aliphatic rings. The number of hydrogen-bond donors (Lipinski definition) is 0. The Morgan fingerprint density at radius 1 is 1.30 bits per heavy atom. The smallest absolute Gasteiger partial charge is 0.162 e. The van der Waals surface area contributed by atoms with Crippen molar-refractivity contribution in [3.63, 3.8) is 0 Å². The lowest BCUT2D eigenvalue weighted by atomic mass is 10.5. The van der Waals surface area contributed by atoms with Crippen LogP contribution in [-0.2, 0) is 15.0 Å². The van der Waals surface area contributed by atoms with E-state index in [1.807, 2.05) is 0 Å². The fourth-order valence-corrected chi connectivity index (χ4v) is 1.37. The zero-order valence-electron chi connectivity index (χ0n) is 5.32. The van der Waals surface area contributed by atoms with E-state index in [1.54, 1.807) is 0 Å². The van der Waals surface area contributed by atoms with Crippen LogP contribution >= 0.6 is 0 Å². The highest BCUT2D eigenvalue weighted by molar-refractivity contribution is 7.83. The van der Waals surface area contributed by atoms with Gasteiger partial charge in [-0.2, -0.15) is 0 Å². The molecule has 0 spiro atoms. The third-order valence-electron chi connectivity index (χ3n) is 1.29. The Kier molecular flexibility index (Phi) is 2.24. The maximum Gasteiger partial charge on any atom is 0.162 e. The zero-order chi connectivity index (χ0) is 7.61. The Morgan fingerprint density at radius 2 is 1.80 bits per heavy atom. The number of nitrogens with zero attached hydrogens (tertiary/aromatic N) is 1. The molecule has 5 nitrogen and oxygen atoms in total. The van der Waals surface area contributed by atoms with Crippen LogP contribution in [0.15, 0.2) is 0 Å². The molecule has 0 aliphatic carbocycles. The lowest BCUT2D eigenvalue weighted by Gasteiger charge is -2.28. The molecule has 0 aromatic carbocycles. The van der Waals surface area contributed by atoms with Crippen molar-refractivity contribution in [1.82, 2.24) is 4.31 Å². The van der Waals surface area contributed by atoms with Gasteiger partial charge in [-0.25, -0.2) is 12.7 Å². The fourth-order valence-electron chi connectivity index (χ4n) is 0.770. The van der Waals surface area contributed by atoms with Crippen molar-refractivity contribution in [3.8, 4) is 0 Å². The Labute approximate surface area is 59.5 Å². The van der Waals surface area contributed by atoms with E-state index in [4.69, 9.17) is 4.74 Å². The van der Waals surface area contributed by atoms with Gasteiger partial charge in [0.2, 0.25) is 0 Å². The van der Waals surface area contributed by atoms with Crippen LogP contribution in [-0.4, -0.2) is 43.6 Å². The second kappa shape index (κ2) is 2.83. The van der Waals surface area contributed by atoms with E-state index in [9.17, 15) is 13.0 Å². The number of rotatable bonds is 1. The van der Waals surface area contributed by atoms with Crippen LogP contribution in [0.25, 0.3) is 0 Å². The molecule has 0 saturated carbocycles. The number of hydrogen-bond acceptors (Lipinski definition) is 4. The average molecular weight is 166 g/mol. The summed E-state index contributed by atoms with van der Waals surface area (Å²) in [6, 6.07) is 0. The third kappa shape index (κ3) is 1.91. The van der Waals surface area contributed by atoms with Gasteiger partial charge in [-0.15, -0.1) is 0 Å². The van der Waals surface area contributed by atoms with E-state index in [0.717, 1.165) is 4.31 Å². The Balaban J connectivity index is 2.56. The zero-order valence-corrected chi connectivity index (χ0v) is 6.13. The predicted octanol–water partition coefficient (Wildman–Crippen LogP) is -1.22. The summed E-state index contributed by atoms with van der Waals surface area (Å²) in [5.41, 5.74) is 0. The van der Waals surface area contributed by atoms with Crippen LogP contribution in [0.1, 0.15) is 0 Å². The molecule has 6 heteroatoms. The van der Waals surface area contributed by atoms with Crippen molar-refractivity contribution in [1.29, 1.82) is 0 Å². The topological polar surface area (TPSA) is 69.7 Å². The van der Waals surface area contributed by atoms with Gasteiger partial charge in [0.25, 0.3) is 0 Å². The Hall–Kier alpha value is -0.170. The van der Waals surface area contributed by atoms with Gasteiger partial charge in [0.05, 0.1) is 13.2 Å². The Morgan fingerprint density at radius 3 is 2.10 bits per heavy atom.